The summed E-state index contributed by atoms with van der Waals surface area (Å²) in [5, 5.41) is 9.20. The first-order chi connectivity index (χ1) is 11.6. The second-order valence-electron chi connectivity index (χ2n) is 4.80. The van der Waals surface area contributed by atoms with Crippen LogP contribution in [0.15, 0.2) is 67.1 Å². The van der Waals surface area contributed by atoms with Crippen molar-refractivity contribution in [1.82, 2.24) is 4.98 Å². The maximum Gasteiger partial charge on any atom is 0.314 e. The van der Waals surface area contributed by atoms with Gasteiger partial charge in [-0.3, -0.25) is 4.79 Å². The van der Waals surface area contributed by atoms with Crippen LogP contribution in [-0.2, 0) is 4.79 Å². The first kappa shape index (κ1) is 17.3. The zero-order valence-corrected chi connectivity index (χ0v) is 16.2. The molecule has 24 heavy (non-hydrogen) atoms. The summed E-state index contributed by atoms with van der Waals surface area (Å²) < 4.78 is 7.65. The Hall–Kier alpha value is -1.57. The van der Waals surface area contributed by atoms with Gasteiger partial charge < -0.3 is 9.52 Å². The van der Waals surface area contributed by atoms with Gasteiger partial charge in [-0.2, -0.15) is 0 Å². The van der Waals surface area contributed by atoms with E-state index in [1.54, 1.807) is 0 Å². The summed E-state index contributed by atoms with van der Waals surface area (Å²) in [5.74, 6) is -0.420. The number of carboxylic acid groups (broad SMARTS) is 1. The number of carboxylic acids is 1. The van der Waals surface area contributed by atoms with Crippen LogP contribution in [-0.4, -0.2) is 21.8 Å². The first-order valence-corrected chi connectivity index (χ1v) is 9.48. The van der Waals surface area contributed by atoms with Gasteiger partial charge in [0.1, 0.15) is 11.4 Å². The Bertz CT molecular complexity index is 832. The van der Waals surface area contributed by atoms with E-state index in [1.165, 1.54) is 0 Å². The lowest BCUT2D eigenvalue weighted by Gasteiger charge is -2.05. The largest absolute Gasteiger partial charge is 0.481 e. The quantitative estimate of drug-likeness (QED) is 0.486. The van der Waals surface area contributed by atoms with Gasteiger partial charge in [0, 0.05) is 20.1 Å². The standard InChI is InChI=1S/C17H11Br2NO3S/c18-12-7-3-1-5-10(12)15-16(11-6-2-4-8-13(11)19)23-17(20-15)24-9-14(21)22/h1-8H,9H2,(H,21,22). The molecule has 0 saturated carbocycles. The zero-order chi connectivity index (χ0) is 17.1. The maximum atomic E-state index is 10.8. The molecule has 0 aliphatic rings. The minimum absolute atomic E-state index is 0.106. The molecule has 0 radical (unpaired) electrons. The van der Waals surface area contributed by atoms with E-state index in [9.17, 15) is 4.79 Å². The van der Waals surface area contributed by atoms with Crippen LogP contribution in [0.3, 0.4) is 0 Å². The number of hydrogen-bond donors (Lipinski definition) is 1. The average molecular weight is 469 g/mol. The average Bonchev–Trinajstić information content (AvgIpc) is 2.97. The number of carbonyl (C=O) groups is 1. The molecule has 0 amide bonds. The molecule has 0 bridgehead atoms. The van der Waals surface area contributed by atoms with Gasteiger partial charge in [0.25, 0.3) is 5.22 Å². The lowest BCUT2D eigenvalue weighted by Crippen LogP contribution is -1.97. The van der Waals surface area contributed by atoms with Crippen molar-refractivity contribution in [2.24, 2.45) is 0 Å². The molecule has 4 nitrogen and oxygen atoms in total. The van der Waals surface area contributed by atoms with Crippen LogP contribution in [0.4, 0.5) is 0 Å². The number of thioether (sulfide) groups is 1. The van der Waals surface area contributed by atoms with Crippen LogP contribution >= 0.6 is 43.6 Å². The number of hydrogen-bond acceptors (Lipinski definition) is 4. The summed E-state index contributed by atoms with van der Waals surface area (Å²) in [5.41, 5.74) is 2.41. The number of aliphatic carboxylic acids is 1. The van der Waals surface area contributed by atoms with Crippen molar-refractivity contribution in [2.45, 2.75) is 5.22 Å². The van der Waals surface area contributed by atoms with Crippen molar-refractivity contribution in [1.29, 1.82) is 0 Å². The van der Waals surface area contributed by atoms with Crippen LogP contribution in [0, 0.1) is 0 Å². The Balaban J connectivity index is 2.14. The second kappa shape index (κ2) is 7.55. The molecule has 0 unspecified atom stereocenters. The summed E-state index contributed by atoms with van der Waals surface area (Å²) in [6, 6.07) is 15.4. The number of rotatable bonds is 5. The van der Waals surface area contributed by atoms with E-state index in [-0.39, 0.29) is 5.75 Å². The smallest absolute Gasteiger partial charge is 0.314 e. The van der Waals surface area contributed by atoms with Gasteiger partial charge in [-0.05, 0) is 12.1 Å². The number of oxazole rings is 1. The number of benzene rings is 2. The summed E-state index contributed by atoms with van der Waals surface area (Å²) in [4.78, 5) is 15.3. The Morgan fingerprint density at radius 1 is 1.04 bits per heavy atom. The van der Waals surface area contributed by atoms with E-state index >= 15 is 0 Å². The van der Waals surface area contributed by atoms with E-state index in [1.807, 2.05) is 48.5 Å². The van der Waals surface area contributed by atoms with Crippen molar-refractivity contribution >= 4 is 49.6 Å². The molecule has 0 aliphatic carbocycles. The molecule has 2 aromatic carbocycles. The highest BCUT2D eigenvalue weighted by Crippen LogP contribution is 2.40. The van der Waals surface area contributed by atoms with Gasteiger partial charge >= 0.3 is 5.97 Å². The van der Waals surface area contributed by atoms with Crippen molar-refractivity contribution in [2.75, 3.05) is 5.75 Å². The predicted octanol–water partition coefficient (Wildman–Crippen LogP) is 5.71. The van der Waals surface area contributed by atoms with Gasteiger partial charge in [0.2, 0.25) is 0 Å². The van der Waals surface area contributed by atoms with Crippen molar-refractivity contribution < 1.29 is 14.3 Å². The van der Waals surface area contributed by atoms with E-state index in [0.29, 0.717) is 16.7 Å². The van der Waals surface area contributed by atoms with E-state index in [0.717, 1.165) is 31.8 Å². The van der Waals surface area contributed by atoms with Gasteiger partial charge in [-0.25, -0.2) is 4.98 Å². The number of halogens is 2. The monoisotopic (exact) mass is 467 g/mol. The lowest BCUT2D eigenvalue weighted by atomic mass is 10.1. The molecular formula is C17H11Br2NO3S. The fourth-order valence-corrected chi connectivity index (χ4v) is 3.63. The topological polar surface area (TPSA) is 63.3 Å². The van der Waals surface area contributed by atoms with Crippen LogP contribution in [0.1, 0.15) is 0 Å². The molecule has 3 aromatic rings. The fraction of sp³-hybridized carbons (Fsp3) is 0.0588. The molecule has 1 heterocycles. The zero-order valence-electron chi connectivity index (χ0n) is 12.2. The van der Waals surface area contributed by atoms with Crippen LogP contribution in [0.25, 0.3) is 22.6 Å². The molecule has 0 aliphatic heterocycles. The van der Waals surface area contributed by atoms with E-state index in [4.69, 9.17) is 9.52 Å². The van der Waals surface area contributed by atoms with E-state index < -0.39 is 5.97 Å². The first-order valence-electron chi connectivity index (χ1n) is 6.91. The summed E-state index contributed by atoms with van der Waals surface area (Å²) >= 11 is 8.12. The van der Waals surface area contributed by atoms with Gasteiger partial charge in [0.05, 0.1) is 0 Å². The Morgan fingerprint density at radius 2 is 1.62 bits per heavy atom. The summed E-state index contributed by atoms with van der Waals surface area (Å²) in [6.07, 6.45) is 0. The SMILES string of the molecule is O=C(O)CSc1nc(-c2ccccc2Br)c(-c2ccccc2Br)o1. The molecule has 0 spiro atoms. The fourth-order valence-electron chi connectivity index (χ4n) is 2.15. The second-order valence-corrected chi connectivity index (χ2v) is 7.43. The predicted molar refractivity (Wildman–Crippen MR) is 101 cm³/mol. The number of nitrogens with zero attached hydrogens (tertiary/aromatic N) is 1. The molecule has 1 N–H and O–H groups in total. The maximum absolute atomic E-state index is 10.8. The van der Waals surface area contributed by atoms with Gasteiger partial charge in [-0.15, -0.1) is 0 Å². The molecule has 3 rings (SSSR count). The Kier molecular flexibility index (Phi) is 5.43. The molecule has 1 aromatic heterocycles. The minimum Gasteiger partial charge on any atom is -0.481 e. The molecule has 0 saturated heterocycles. The van der Waals surface area contributed by atoms with E-state index in [2.05, 4.69) is 36.8 Å². The number of aromatic nitrogens is 1. The van der Waals surface area contributed by atoms with Crippen LogP contribution in [0.2, 0.25) is 0 Å². The van der Waals surface area contributed by atoms with Crippen molar-refractivity contribution in [3.63, 3.8) is 0 Å². The van der Waals surface area contributed by atoms with Gasteiger partial charge in [0.15, 0.2) is 5.76 Å². The normalized spacial score (nSPS) is 10.8. The van der Waals surface area contributed by atoms with Gasteiger partial charge in [-0.1, -0.05) is 80.0 Å². The molecular weight excluding hydrogens is 458 g/mol. The minimum atomic E-state index is -0.914. The van der Waals surface area contributed by atoms with Crippen molar-refractivity contribution in [3.05, 3.63) is 57.5 Å². The third-order valence-electron chi connectivity index (χ3n) is 3.17. The van der Waals surface area contributed by atoms with Crippen LogP contribution < -0.4 is 0 Å². The Labute approximate surface area is 159 Å². The molecule has 7 heteroatoms. The lowest BCUT2D eigenvalue weighted by molar-refractivity contribution is -0.133. The third-order valence-corrected chi connectivity index (χ3v) is 5.37. The summed E-state index contributed by atoms with van der Waals surface area (Å²) in [7, 11) is 0. The highest BCUT2D eigenvalue weighted by Gasteiger charge is 2.20. The van der Waals surface area contributed by atoms with Crippen LogP contribution in [0.5, 0.6) is 0 Å². The highest BCUT2D eigenvalue weighted by atomic mass is 79.9. The van der Waals surface area contributed by atoms with Crippen molar-refractivity contribution in [3.8, 4) is 22.6 Å². The summed E-state index contributed by atoms with van der Waals surface area (Å²) in [6.45, 7) is 0. The third kappa shape index (κ3) is 3.74. The molecule has 0 atom stereocenters. The highest BCUT2D eigenvalue weighted by molar-refractivity contribution is 9.11. The molecule has 122 valence electrons. The molecule has 0 fully saturated rings. The Morgan fingerprint density at radius 3 is 2.21 bits per heavy atom.